The van der Waals surface area contributed by atoms with E-state index in [1.165, 1.54) is 141 Å². The highest BCUT2D eigenvalue weighted by atomic mass is 16.6. The molecule has 0 aliphatic carbocycles. The van der Waals surface area contributed by atoms with Crippen LogP contribution in [-0.4, -0.2) is 37.2 Å². The predicted molar refractivity (Wildman–Crippen MR) is 256 cm³/mol. The molecule has 0 aliphatic heterocycles. The molecule has 0 fully saturated rings. The van der Waals surface area contributed by atoms with E-state index in [0.29, 0.717) is 19.3 Å². The molecule has 0 aromatic heterocycles. The predicted octanol–water partition coefficient (Wildman–Crippen LogP) is 16.7. The van der Waals surface area contributed by atoms with Crippen molar-refractivity contribution < 1.29 is 28.6 Å². The molecule has 0 saturated heterocycles. The molecule has 0 radical (unpaired) electrons. The molecule has 0 N–H and O–H groups in total. The molecular formula is C54H96O6. The Labute approximate surface area is 371 Å². The van der Waals surface area contributed by atoms with Crippen LogP contribution in [0.25, 0.3) is 0 Å². The second kappa shape index (κ2) is 49.0. The van der Waals surface area contributed by atoms with Gasteiger partial charge < -0.3 is 14.2 Å². The maximum absolute atomic E-state index is 12.8. The topological polar surface area (TPSA) is 78.9 Å². The van der Waals surface area contributed by atoms with E-state index in [4.69, 9.17) is 14.2 Å². The number of esters is 3. The molecule has 0 aromatic rings. The lowest BCUT2D eigenvalue weighted by atomic mass is 10.0. The van der Waals surface area contributed by atoms with E-state index < -0.39 is 6.10 Å². The second-order valence-corrected chi connectivity index (χ2v) is 17.1. The summed E-state index contributed by atoms with van der Waals surface area (Å²) in [6.45, 7) is 6.56. The fourth-order valence-corrected chi connectivity index (χ4v) is 7.15. The molecular weight excluding hydrogens is 745 g/mol. The van der Waals surface area contributed by atoms with Crippen LogP contribution in [-0.2, 0) is 28.6 Å². The first-order valence-corrected chi connectivity index (χ1v) is 25.6. The molecule has 0 aliphatic rings. The first kappa shape index (κ1) is 57.4. The Balaban J connectivity index is 4.43. The highest BCUT2D eigenvalue weighted by Gasteiger charge is 2.19. The highest BCUT2D eigenvalue weighted by molar-refractivity contribution is 5.71. The number of ether oxygens (including phenoxy) is 3. The summed E-state index contributed by atoms with van der Waals surface area (Å²) in [5, 5.41) is 0. The van der Waals surface area contributed by atoms with Gasteiger partial charge in [0.25, 0.3) is 0 Å². The van der Waals surface area contributed by atoms with Crippen LogP contribution in [0.1, 0.15) is 258 Å². The summed E-state index contributed by atoms with van der Waals surface area (Å²) in [4.78, 5) is 37.9. The Morgan fingerprint density at radius 3 is 1.03 bits per heavy atom. The molecule has 0 amide bonds. The average molecular weight is 841 g/mol. The van der Waals surface area contributed by atoms with Crippen molar-refractivity contribution in [2.75, 3.05) is 13.2 Å². The quantitative estimate of drug-likeness (QED) is 0.0263. The van der Waals surface area contributed by atoms with Crippen LogP contribution < -0.4 is 0 Å². The van der Waals surface area contributed by atoms with Crippen molar-refractivity contribution >= 4 is 17.9 Å². The van der Waals surface area contributed by atoms with E-state index in [1.807, 2.05) is 0 Å². The van der Waals surface area contributed by atoms with E-state index in [1.54, 1.807) is 0 Å². The van der Waals surface area contributed by atoms with Crippen molar-refractivity contribution in [3.63, 3.8) is 0 Å². The van der Waals surface area contributed by atoms with Gasteiger partial charge in [-0.25, -0.2) is 0 Å². The summed E-state index contributed by atoms with van der Waals surface area (Å²) in [6.07, 6.45) is 58.0. The molecule has 0 bridgehead atoms. The van der Waals surface area contributed by atoms with Crippen LogP contribution in [0.4, 0.5) is 0 Å². The third-order valence-electron chi connectivity index (χ3n) is 11.1. The van der Waals surface area contributed by atoms with Crippen molar-refractivity contribution in [3.8, 4) is 0 Å². The third kappa shape index (κ3) is 46.4. The van der Waals surface area contributed by atoms with E-state index in [2.05, 4.69) is 69.4 Å². The standard InChI is InChI=1S/C54H96O6/c1-4-7-10-13-16-19-22-25-27-30-32-35-38-41-44-47-53(56)59-50-51(49-58-52(55)46-43-40-37-34-31-28-24-21-18-15-12-9-6-3)60-54(57)48-45-42-39-36-33-29-26-23-20-17-14-11-8-5-2/h16,19,21,24-25,27,32,35,51H,4-15,17-18,20,22-23,26,28-31,33-34,36-50H2,1-3H3/b19-16-,24-21-,27-25-,35-32-/t51-/m1/s1. The molecule has 60 heavy (non-hydrogen) atoms. The Kier molecular flexibility index (Phi) is 46.9. The van der Waals surface area contributed by atoms with Gasteiger partial charge in [-0.15, -0.1) is 0 Å². The molecule has 1 atom stereocenters. The number of hydrogen-bond donors (Lipinski definition) is 0. The van der Waals surface area contributed by atoms with Gasteiger partial charge in [-0.1, -0.05) is 204 Å². The molecule has 0 spiro atoms. The van der Waals surface area contributed by atoms with E-state index in [-0.39, 0.29) is 31.1 Å². The van der Waals surface area contributed by atoms with Crippen molar-refractivity contribution in [1.82, 2.24) is 0 Å². The number of rotatable bonds is 46. The van der Waals surface area contributed by atoms with Crippen molar-refractivity contribution in [2.24, 2.45) is 0 Å². The van der Waals surface area contributed by atoms with Gasteiger partial charge in [0.1, 0.15) is 13.2 Å². The van der Waals surface area contributed by atoms with Gasteiger partial charge in [0.05, 0.1) is 0 Å². The lowest BCUT2D eigenvalue weighted by Gasteiger charge is -2.18. The molecule has 0 unspecified atom stereocenters. The minimum atomic E-state index is -0.788. The molecule has 0 rings (SSSR count). The lowest BCUT2D eigenvalue weighted by molar-refractivity contribution is -0.167. The minimum Gasteiger partial charge on any atom is -0.462 e. The molecule has 0 saturated carbocycles. The van der Waals surface area contributed by atoms with Crippen LogP contribution >= 0.6 is 0 Å². The summed E-state index contributed by atoms with van der Waals surface area (Å²) in [6, 6.07) is 0. The van der Waals surface area contributed by atoms with E-state index >= 15 is 0 Å². The first-order valence-electron chi connectivity index (χ1n) is 25.6. The second-order valence-electron chi connectivity index (χ2n) is 17.1. The summed E-state index contributed by atoms with van der Waals surface area (Å²) in [5.74, 6) is -0.928. The monoisotopic (exact) mass is 841 g/mol. The normalized spacial score (nSPS) is 12.4. The third-order valence-corrected chi connectivity index (χ3v) is 11.1. The van der Waals surface area contributed by atoms with Gasteiger partial charge >= 0.3 is 17.9 Å². The van der Waals surface area contributed by atoms with E-state index in [9.17, 15) is 14.4 Å². The van der Waals surface area contributed by atoms with Crippen LogP contribution in [0.5, 0.6) is 0 Å². The van der Waals surface area contributed by atoms with Gasteiger partial charge in [0.15, 0.2) is 6.10 Å². The number of allylic oxidation sites excluding steroid dienone is 8. The van der Waals surface area contributed by atoms with Gasteiger partial charge in [-0.05, 0) is 83.5 Å². The average Bonchev–Trinajstić information content (AvgIpc) is 3.24. The molecule has 348 valence electrons. The summed E-state index contributed by atoms with van der Waals surface area (Å²) in [7, 11) is 0. The Bertz CT molecular complexity index is 1060. The largest absolute Gasteiger partial charge is 0.462 e. The Morgan fingerprint density at radius 2 is 0.600 bits per heavy atom. The van der Waals surface area contributed by atoms with Gasteiger partial charge in [-0.2, -0.15) is 0 Å². The van der Waals surface area contributed by atoms with Gasteiger partial charge in [0, 0.05) is 19.3 Å². The van der Waals surface area contributed by atoms with Gasteiger partial charge in [0.2, 0.25) is 0 Å². The highest BCUT2D eigenvalue weighted by Crippen LogP contribution is 2.15. The fourth-order valence-electron chi connectivity index (χ4n) is 7.15. The SMILES string of the molecule is CCCCC/C=C\C/C=C\C/C=C\CCCCC(=O)OC[C@@H](COC(=O)CCCCCCC/C=C\CCCCCC)OC(=O)CCCCCCCCCCCCCCCC. The summed E-state index contributed by atoms with van der Waals surface area (Å²) < 4.78 is 16.8. The minimum absolute atomic E-state index is 0.0874. The molecule has 6 nitrogen and oxygen atoms in total. The maximum atomic E-state index is 12.8. The zero-order valence-corrected chi connectivity index (χ0v) is 39.7. The Morgan fingerprint density at radius 1 is 0.333 bits per heavy atom. The first-order chi connectivity index (χ1) is 29.5. The zero-order chi connectivity index (χ0) is 43.7. The summed E-state index contributed by atoms with van der Waals surface area (Å²) in [5.41, 5.74) is 0. The number of unbranched alkanes of at least 4 members (excludes halogenated alkanes) is 27. The van der Waals surface area contributed by atoms with Gasteiger partial charge in [-0.3, -0.25) is 14.4 Å². The number of carbonyl (C=O) groups is 3. The van der Waals surface area contributed by atoms with E-state index in [0.717, 1.165) is 77.0 Å². The van der Waals surface area contributed by atoms with Crippen molar-refractivity contribution in [1.29, 1.82) is 0 Å². The van der Waals surface area contributed by atoms with Crippen LogP contribution in [0.15, 0.2) is 48.6 Å². The summed E-state index contributed by atoms with van der Waals surface area (Å²) >= 11 is 0. The molecule has 0 aromatic carbocycles. The molecule has 0 heterocycles. The van der Waals surface area contributed by atoms with Crippen LogP contribution in [0, 0.1) is 0 Å². The van der Waals surface area contributed by atoms with Crippen molar-refractivity contribution in [2.45, 2.75) is 264 Å². The number of carbonyl (C=O) groups excluding carboxylic acids is 3. The maximum Gasteiger partial charge on any atom is 0.306 e. The Hall–Kier alpha value is -2.63. The molecule has 6 heteroatoms. The fraction of sp³-hybridized carbons (Fsp3) is 0.796. The smallest absolute Gasteiger partial charge is 0.306 e. The number of hydrogen-bond acceptors (Lipinski definition) is 6. The van der Waals surface area contributed by atoms with Crippen molar-refractivity contribution in [3.05, 3.63) is 48.6 Å². The van der Waals surface area contributed by atoms with Crippen LogP contribution in [0.2, 0.25) is 0 Å². The van der Waals surface area contributed by atoms with Crippen LogP contribution in [0.3, 0.4) is 0 Å². The zero-order valence-electron chi connectivity index (χ0n) is 39.7. The lowest BCUT2D eigenvalue weighted by Crippen LogP contribution is -2.30.